The Kier molecular flexibility index (Phi) is 5.41. The number of nitrogen functional groups attached to an aromatic ring is 2. The Balaban J connectivity index is 1.41. The molecule has 0 bridgehead atoms. The van der Waals surface area contributed by atoms with Gasteiger partial charge in [0.1, 0.15) is 22.5 Å². The smallest absolute Gasteiger partial charge is 0.338 e. The van der Waals surface area contributed by atoms with Gasteiger partial charge in [0.2, 0.25) is 5.95 Å². The summed E-state index contributed by atoms with van der Waals surface area (Å²) >= 11 is 2.22. The first kappa shape index (κ1) is 21.0. The van der Waals surface area contributed by atoms with Crippen molar-refractivity contribution in [3.05, 3.63) is 55.9 Å². The molecule has 0 amide bonds. The average Bonchev–Trinajstić information content (AvgIpc) is 3.44. The number of carbonyl (C=O) groups is 1. The minimum absolute atomic E-state index is 0.0797. The Morgan fingerprint density at radius 2 is 2.03 bits per heavy atom. The summed E-state index contributed by atoms with van der Waals surface area (Å²) in [7, 11) is 0. The van der Waals surface area contributed by atoms with Gasteiger partial charge in [0.15, 0.2) is 5.65 Å². The highest BCUT2D eigenvalue weighted by atomic mass is 32.2. The molecule has 0 spiro atoms. The minimum Gasteiger partial charge on any atom is -0.455 e. The standard InChI is InChI=1S/C19H20N6O5S2/c20-23-18-22-14-13(15(26)25(18)21)32-19(28)24(14)11-8-31-17(29-11)12(9-6-7-9)30-16(27)10-4-2-1-3-5-10/h1-5,9,11-12,17H,6-8,20-21H2,(H,22,23)/t11?,12?,17-/m0/s1. The highest BCUT2D eigenvalue weighted by Gasteiger charge is 2.45. The van der Waals surface area contributed by atoms with Crippen LogP contribution >= 0.6 is 23.1 Å². The Hall–Kier alpha value is -2.87. The number of thioether (sulfide) groups is 1. The number of nitrogens with zero attached hydrogens (tertiary/aromatic N) is 3. The summed E-state index contributed by atoms with van der Waals surface area (Å²) in [6.07, 6.45) is 0.785. The summed E-state index contributed by atoms with van der Waals surface area (Å²) in [6, 6.07) is 8.79. The molecule has 2 fully saturated rings. The molecule has 11 nitrogen and oxygen atoms in total. The molecule has 2 aromatic heterocycles. The van der Waals surface area contributed by atoms with Gasteiger partial charge in [0, 0.05) is 5.75 Å². The van der Waals surface area contributed by atoms with Crippen molar-refractivity contribution in [3.63, 3.8) is 0 Å². The molecule has 3 heterocycles. The molecule has 1 saturated carbocycles. The number of rotatable bonds is 6. The number of nitrogens with one attached hydrogen (secondary N) is 1. The monoisotopic (exact) mass is 476 g/mol. The highest BCUT2D eigenvalue weighted by molar-refractivity contribution is 8.00. The molecule has 168 valence electrons. The van der Waals surface area contributed by atoms with Gasteiger partial charge in [0.05, 0.1) is 5.56 Å². The van der Waals surface area contributed by atoms with Gasteiger partial charge in [-0.25, -0.2) is 10.6 Å². The van der Waals surface area contributed by atoms with Gasteiger partial charge in [-0.15, -0.1) is 11.8 Å². The maximum absolute atomic E-state index is 12.7. The topological polar surface area (TPSA) is 156 Å². The van der Waals surface area contributed by atoms with E-state index in [0.29, 0.717) is 11.3 Å². The molecule has 0 radical (unpaired) electrons. The normalized spacial score (nSPS) is 21.5. The van der Waals surface area contributed by atoms with E-state index in [-0.39, 0.29) is 22.2 Å². The second kappa shape index (κ2) is 8.24. The number of carbonyl (C=O) groups excluding carboxylic acids is 1. The largest absolute Gasteiger partial charge is 0.455 e. The molecule has 2 aliphatic rings. The summed E-state index contributed by atoms with van der Waals surface area (Å²) < 4.78 is 14.2. The third-order valence-corrected chi connectivity index (χ3v) is 7.51. The van der Waals surface area contributed by atoms with Gasteiger partial charge in [0.25, 0.3) is 5.56 Å². The van der Waals surface area contributed by atoms with Crippen molar-refractivity contribution in [1.82, 2.24) is 14.2 Å². The number of hydrogen-bond acceptors (Lipinski definition) is 11. The van der Waals surface area contributed by atoms with Crippen LogP contribution in [0.3, 0.4) is 0 Å². The summed E-state index contributed by atoms with van der Waals surface area (Å²) in [4.78, 5) is 41.6. The number of thiazole rings is 1. The van der Waals surface area contributed by atoms with Crippen LogP contribution in [0.2, 0.25) is 0 Å². The van der Waals surface area contributed by atoms with Crippen molar-refractivity contribution in [2.24, 2.45) is 11.8 Å². The molecule has 1 saturated heterocycles. The van der Waals surface area contributed by atoms with E-state index >= 15 is 0 Å². The van der Waals surface area contributed by atoms with E-state index in [0.717, 1.165) is 28.9 Å². The fraction of sp³-hybridized carbons (Fsp3) is 0.368. The van der Waals surface area contributed by atoms with E-state index in [4.69, 9.17) is 21.2 Å². The average molecular weight is 477 g/mol. The van der Waals surface area contributed by atoms with Gasteiger partial charge in [-0.1, -0.05) is 29.5 Å². The lowest BCUT2D eigenvalue weighted by Crippen LogP contribution is -2.33. The van der Waals surface area contributed by atoms with E-state index in [1.165, 1.54) is 16.3 Å². The van der Waals surface area contributed by atoms with Crippen LogP contribution in [0, 0.1) is 5.92 Å². The second-order valence-electron chi connectivity index (χ2n) is 7.51. The molecular weight excluding hydrogens is 456 g/mol. The fourth-order valence-corrected chi connectivity index (χ4v) is 5.77. The van der Waals surface area contributed by atoms with Crippen LogP contribution in [0.25, 0.3) is 10.3 Å². The maximum atomic E-state index is 12.7. The summed E-state index contributed by atoms with van der Waals surface area (Å²) in [5, 5.41) is 0. The van der Waals surface area contributed by atoms with Gasteiger partial charge < -0.3 is 15.3 Å². The second-order valence-corrected chi connectivity index (χ2v) is 9.60. The van der Waals surface area contributed by atoms with E-state index in [2.05, 4.69) is 10.4 Å². The zero-order chi connectivity index (χ0) is 22.4. The van der Waals surface area contributed by atoms with Gasteiger partial charge >= 0.3 is 10.8 Å². The molecule has 5 rings (SSSR count). The predicted octanol–water partition coefficient (Wildman–Crippen LogP) is 0.843. The summed E-state index contributed by atoms with van der Waals surface area (Å²) in [5.74, 6) is 11.2. The van der Waals surface area contributed by atoms with Crippen LogP contribution in [0.1, 0.15) is 29.4 Å². The Labute approximate surface area is 189 Å². The van der Waals surface area contributed by atoms with Crippen molar-refractivity contribution in [3.8, 4) is 0 Å². The van der Waals surface area contributed by atoms with Crippen LogP contribution < -0.4 is 27.5 Å². The molecule has 1 aromatic carbocycles. The van der Waals surface area contributed by atoms with E-state index in [9.17, 15) is 14.4 Å². The number of benzene rings is 1. The number of hydrazine groups is 1. The number of aromatic nitrogens is 3. The van der Waals surface area contributed by atoms with E-state index in [1.54, 1.807) is 24.3 Å². The van der Waals surface area contributed by atoms with Crippen LogP contribution in [0.15, 0.2) is 39.9 Å². The number of anilines is 1. The quantitative estimate of drug-likeness (QED) is 0.265. The molecule has 1 aliphatic heterocycles. The molecule has 3 atom stereocenters. The lowest BCUT2D eigenvalue weighted by Gasteiger charge is -2.23. The van der Waals surface area contributed by atoms with Crippen molar-refractivity contribution in [1.29, 1.82) is 0 Å². The van der Waals surface area contributed by atoms with Crippen LogP contribution in [-0.4, -0.2) is 37.5 Å². The summed E-state index contributed by atoms with van der Waals surface area (Å²) in [6.45, 7) is 0. The van der Waals surface area contributed by atoms with Crippen molar-refractivity contribution in [2.45, 2.75) is 30.6 Å². The Morgan fingerprint density at radius 1 is 1.28 bits per heavy atom. The number of esters is 1. The molecule has 3 aromatic rings. The molecule has 5 N–H and O–H groups in total. The first-order chi connectivity index (χ1) is 15.5. The number of fused-ring (bicyclic) bond motifs is 1. The van der Waals surface area contributed by atoms with Gasteiger partial charge in [-0.05, 0) is 30.9 Å². The molecule has 32 heavy (non-hydrogen) atoms. The Bertz CT molecular complexity index is 1290. The zero-order valence-corrected chi connectivity index (χ0v) is 18.3. The van der Waals surface area contributed by atoms with Crippen molar-refractivity contribution < 1.29 is 14.3 Å². The fourth-order valence-electron chi connectivity index (χ4n) is 3.62. The number of nitrogens with two attached hydrogens (primary N) is 2. The minimum atomic E-state index is -0.672. The first-order valence-electron chi connectivity index (χ1n) is 9.91. The van der Waals surface area contributed by atoms with Crippen LogP contribution in [0.4, 0.5) is 5.95 Å². The third-order valence-electron chi connectivity index (χ3n) is 5.39. The lowest BCUT2D eigenvalue weighted by atomic mass is 10.2. The van der Waals surface area contributed by atoms with Crippen LogP contribution in [-0.2, 0) is 9.47 Å². The lowest BCUT2D eigenvalue weighted by molar-refractivity contribution is -0.0564. The first-order valence-corrected chi connectivity index (χ1v) is 11.8. The SMILES string of the molecule is NNc1nc2c(sc(=O)n2C2CS[C@@H](C(OC(=O)c3ccccc3)C3CC3)O2)c(=O)n1N. The van der Waals surface area contributed by atoms with Crippen molar-refractivity contribution in [2.75, 3.05) is 17.0 Å². The third kappa shape index (κ3) is 3.66. The van der Waals surface area contributed by atoms with E-state index < -0.39 is 34.2 Å². The van der Waals surface area contributed by atoms with Crippen LogP contribution in [0.5, 0.6) is 0 Å². The molecular formula is C19H20N6O5S2. The highest BCUT2D eigenvalue weighted by Crippen LogP contribution is 2.44. The molecule has 2 unspecified atom stereocenters. The van der Waals surface area contributed by atoms with Gasteiger partial charge in [-0.2, -0.15) is 9.66 Å². The number of hydrogen-bond donors (Lipinski definition) is 3. The van der Waals surface area contributed by atoms with Crippen molar-refractivity contribution >= 4 is 45.4 Å². The predicted molar refractivity (Wildman–Crippen MR) is 121 cm³/mol. The van der Waals surface area contributed by atoms with Gasteiger partial charge in [-0.3, -0.25) is 19.6 Å². The Morgan fingerprint density at radius 3 is 2.72 bits per heavy atom. The molecule has 13 heteroatoms. The molecule has 1 aliphatic carbocycles. The number of ether oxygens (including phenoxy) is 2. The van der Waals surface area contributed by atoms with E-state index in [1.807, 2.05) is 6.07 Å². The maximum Gasteiger partial charge on any atom is 0.338 e. The summed E-state index contributed by atoms with van der Waals surface area (Å²) in [5.41, 5.74) is 1.85. The zero-order valence-electron chi connectivity index (χ0n) is 16.7.